The van der Waals surface area contributed by atoms with Gasteiger partial charge in [-0.1, -0.05) is 17.7 Å². The standard InChI is InChI=1S/C19H22ClN3O4S/c1-28(25,26)22-16-5-2-15(18(20)12-16)13-21-19(24)14-3-6-17(7-4-14)23-8-10-27-11-9-23/h2-7,12,22H,8-11,13H2,1H3,(H,21,24). The Morgan fingerprint density at radius 1 is 1.14 bits per heavy atom. The summed E-state index contributed by atoms with van der Waals surface area (Å²) in [6.45, 7) is 3.34. The predicted octanol–water partition coefficient (Wildman–Crippen LogP) is 2.48. The largest absolute Gasteiger partial charge is 0.378 e. The number of sulfonamides is 1. The fourth-order valence-corrected chi connectivity index (χ4v) is 3.69. The van der Waals surface area contributed by atoms with Crippen LogP contribution in [0.2, 0.25) is 5.02 Å². The average Bonchev–Trinajstić information content (AvgIpc) is 2.67. The molecule has 2 N–H and O–H groups in total. The van der Waals surface area contributed by atoms with Gasteiger partial charge in [-0.05, 0) is 42.0 Å². The number of hydrogen-bond donors (Lipinski definition) is 2. The summed E-state index contributed by atoms with van der Waals surface area (Å²) in [7, 11) is -3.37. The summed E-state index contributed by atoms with van der Waals surface area (Å²) in [5, 5.41) is 3.20. The smallest absolute Gasteiger partial charge is 0.251 e. The van der Waals surface area contributed by atoms with E-state index in [-0.39, 0.29) is 12.5 Å². The van der Waals surface area contributed by atoms with E-state index in [1.54, 1.807) is 24.3 Å². The molecule has 1 amide bonds. The molecule has 0 radical (unpaired) electrons. The maximum atomic E-state index is 12.4. The molecule has 1 saturated heterocycles. The predicted molar refractivity (Wildman–Crippen MR) is 111 cm³/mol. The van der Waals surface area contributed by atoms with Gasteiger partial charge in [0.1, 0.15) is 0 Å². The molecule has 1 heterocycles. The van der Waals surface area contributed by atoms with Crippen molar-refractivity contribution in [2.45, 2.75) is 6.54 Å². The second kappa shape index (κ2) is 8.81. The van der Waals surface area contributed by atoms with Gasteiger partial charge in [-0.2, -0.15) is 0 Å². The third-order valence-corrected chi connectivity index (χ3v) is 5.26. The number of halogens is 1. The minimum absolute atomic E-state index is 0.206. The van der Waals surface area contributed by atoms with Crippen molar-refractivity contribution < 1.29 is 17.9 Å². The van der Waals surface area contributed by atoms with Crippen molar-refractivity contribution in [2.24, 2.45) is 0 Å². The number of ether oxygens (including phenoxy) is 1. The Bertz CT molecular complexity index is 942. The van der Waals surface area contributed by atoms with Crippen molar-refractivity contribution in [3.8, 4) is 0 Å². The number of amides is 1. The molecule has 9 heteroatoms. The van der Waals surface area contributed by atoms with E-state index in [2.05, 4.69) is 14.9 Å². The zero-order chi connectivity index (χ0) is 20.1. The highest BCUT2D eigenvalue weighted by molar-refractivity contribution is 7.92. The maximum absolute atomic E-state index is 12.4. The Morgan fingerprint density at radius 2 is 1.82 bits per heavy atom. The summed E-state index contributed by atoms with van der Waals surface area (Å²) in [5.41, 5.74) is 2.70. The van der Waals surface area contributed by atoms with Crippen LogP contribution in [-0.2, 0) is 21.3 Å². The van der Waals surface area contributed by atoms with Gasteiger partial charge in [0, 0.05) is 41.6 Å². The van der Waals surface area contributed by atoms with Crippen LogP contribution in [0.15, 0.2) is 42.5 Å². The first-order valence-electron chi connectivity index (χ1n) is 8.79. The number of nitrogens with one attached hydrogen (secondary N) is 2. The molecule has 0 bridgehead atoms. The number of rotatable bonds is 6. The lowest BCUT2D eigenvalue weighted by Crippen LogP contribution is -2.36. The van der Waals surface area contributed by atoms with Crippen molar-refractivity contribution in [3.05, 3.63) is 58.6 Å². The first-order chi connectivity index (χ1) is 13.3. The Morgan fingerprint density at radius 3 is 2.43 bits per heavy atom. The highest BCUT2D eigenvalue weighted by atomic mass is 35.5. The number of morpholine rings is 1. The lowest BCUT2D eigenvalue weighted by molar-refractivity contribution is 0.0951. The molecule has 0 saturated carbocycles. The summed E-state index contributed by atoms with van der Waals surface area (Å²) in [5.74, 6) is -0.206. The van der Waals surface area contributed by atoms with E-state index < -0.39 is 10.0 Å². The number of nitrogens with zero attached hydrogens (tertiary/aromatic N) is 1. The van der Waals surface area contributed by atoms with Gasteiger partial charge in [-0.15, -0.1) is 0 Å². The highest BCUT2D eigenvalue weighted by Crippen LogP contribution is 2.22. The molecular formula is C19H22ClN3O4S. The Kier molecular flexibility index (Phi) is 6.43. The van der Waals surface area contributed by atoms with E-state index in [1.165, 1.54) is 6.07 Å². The fraction of sp³-hybridized carbons (Fsp3) is 0.316. The fourth-order valence-electron chi connectivity index (χ4n) is 2.89. The molecule has 0 atom stereocenters. The summed E-state index contributed by atoms with van der Waals surface area (Å²) in [6.07, 6.45) is 1.07. The van der Waals surface area contributed by atoms with E-state index in [0.717, 1.165) is 25.0 Å². The van der Waals surface area contributed by atoms with Crippen LogP contribution in [0.3, 0.4) is 0 Å². The second-order valence-corrected chi connectivity index (χ2v) is 8.67. The van der Waals surface area contributed by atoms with Crippen LogP contribution in [0, 0.1) is 0 Å². The molecule has 1 fully saturated rings. The zero-order valence-electron chi connectivity index (χ0n) is 15.4. The van der Waals surface area contributed by atoms with Gasteiger partial charge in [0.2, 0.25) is 10.0 Å². The monoisotopic (exact) mass is 423 g/mol. The van der Waals surface area contributed by atoms with Gasteiger partial charge in [-0.25, -0.2) is 8.42 Å². The van der Waals surface area contributed by atoms with E-state index in [1.807, 2.05) is 12.1 Å². The lowest BCUT2D eigenvalue weighted by atomic mass is 10.1. The molecular weight excluding hydrogens is 402 g/mol. The molecule has 28 heavy (non-hydrogen) atoms. The van der Waals surface area contributed by atoms with Crippen molar-refractivity contribution in [1.29, 1.82) is 0 Å². The van der Waals surface area contributed by atoms with Crippen LogP contribution in [-0.4, -0.2) is 46.9 Å². The summed E-state index contributed by atoms with van der Waals surface area (Å²) in [6, 6.07) is 12.2. The van der Waals surface area contributed by atoms with Gasteiger partial charge in [0.25, 0.3) is 5.91 Å². The Labute approximate surface area is 169 Å². The molecule has 0 spiro atoms. The van der Waals surface area contributed by atoms with Crippen LogP contribution < -0.4 is 14.9 Å². The van der Waals surface area contributed by atoms with Crippen molar-refractivity contribution in [2.75, 3.05) is 42.2 Å². The summed E-state index contributed by atoms with van der Waals surface area (Å²) < 4.78 is 30.3. The number of anilines is 2. The van der Waals surface area contributed by atoms with Crippen molar-refractivity contribution in [3.63, 3.8) is 0 Å². The first kappa shape index (κ1) is 20.4. The van der Waals surface area contributed by atoms with Crippen molar-refractivity contribution in [1.82, 2.24) is 5.32 Å². The highest BCUT2D eigenvalue weighted by Gasteiger charge is 2.13. The lowest BCUT2D eigenvalue weighted by Gasteiger charge is -2.28. The second-order valence-electron chi connectivity index (χ2n) is 6.51. The number of benzene rings is 2. The SMILES string of the molecule is CS(=O)(=O)Nc1ccc(CNC(=O)c2ccc(N3CCOCC3)cc2)c(Cl)c1. The van der Waals surface area contributed by atoms with Crippen LogP contribution in [0.25, 0.3) is 0 Å². The van der Waals surface area contributed by atoms with Crippen molar-refractivity contribution >= 4 is 38.9 Å². The quantitative estimate of drug-likeness (QED) is 0.745. The van der Waals surface area contributed by atoms with Crippen LogP contribution in [0.4, 0.5) is 11.4 Å². The van der Waals surface area contributed by atoms with Crippen LogP contribution in [0.1, 0.15) is 15.9 Å². The molecule has 3 rings (SSSR count). The van der Waals surface area contributed by atoms with E-state index >= 15 is 0 Å². The van der Waals surface area contributed by atoms with E-state index in [4.69, 9.17) is 16.3 Å². The normalized spacial score (nSPS) is 14.6. The topological polar surface area (TPSA) is 87.7 Å². The first-order valence-corrected chi connectivity index (χ1v) is 11.1. The molecule has 0 unspecified atom stereocenters. The zero-order valence-corrected chi connectivity index (χ0v) is 17.0. The van der Waals surface area contributed by atoms with Crippen LogP contribution in [0.5, 0.6) is 0 Å². The molecule has 0 aromatic heterocycles. The van der Waals surface area contributed by atoms with E-state index in [9.17, 15) is 13.2 Å². The molecule has 1 aliphatic heterocycles. The van der Waals surface area contributed by atoms with Gasteiger partial charge in [0.15, 0.2) is 0 Å². The average molecular weight is 424 g/mol. The molecule has 2 aromatic rings. The van der Waals surface area contributed by atoms with Gasteiger partial charge in [-0.3, -0.25) is 9.52 Å². The van der Waals surface area contributed by atoms with E-state index in [0.29, 0.717) is 35.1 Å². The summed E-state index contributed by atoms with van der Waals surface area (Å²) >= 11 is 6.19. The summed E-state index contributed by atoms with van der Waals surface area (Å²) in [4.78, 5) is 14.6. The van der Waals surface area contributed by atoms with Gasteiger partial charge >= 0.3 is 0 Å². The third-order valence-electron chi connectivity index (χ3n) is 4.30. The number of carbonyl (C=O) groups excluding carboxylic acids is 1. The van der Waals surface area contributed by atoms with Gasteiger partial charge in [0.05, 0.1) is 19.5 Å². The molecule has 2 aromatic carbocycles. The number of hydrogen-bond acceptors (Lipinski definition) is 5. The number of carbonyl (C=O) groups is 1. The Hall–Kier alpha value is -2.29. The third kappa shape index (κ3) is 5.60. The Balaban J connectivity index is 1.59. The molecule has 1 aliphatic rings. The maximum Gasteiger partial charge on any atom is 0.251 e. The molecule has 7 nitrogen and oxygen atoms in total. The molecule has 0 aliphatic carbocycles. The minimum Gasteiger partial charge on any atom is -0.378 e. The van der Waals surface area contributed by atoms with Gasteiger partial charge < -0.3 is 15.0 Å². The molecule has 150 valence electrons. The van der Waals surface area contributed by atoms with Crippen LogP contribution >= 0.6 is 11.6 Å². The minimum atomic E-state index is -3.37.